The minimum absolute atomic E-state index is 0.114. The number of ether oxygens (including phenoxy) is 2. The highest BCUT2D eigenvalue weighted by molar-refractivity contribution is 5.99. The number of allylic oxidation sites excluding steroid dienone is 2. The summed E-state index contributed by atoms with van der Waals surface area (Å²) >= 11 is 0. The van der Waals surface area contributed by atoms with Crippen LogP contribution in [0, 0.1) is 17.8 Å². The van der Waals surface area contributed by atoms with Crippen molar-refractivity contribution in [2.75, 3.05) is 7.11 Å². The maximum atomic E-state index is 12.0. The second kappa shape index (κ2) is 4.45. The highest BCUT2D eigenvalue weighted by Gasteiger charge is 2.51. The number of fused-ring (bicyclic) bond motifs is 5. The number of carbonyl (C=O) groups excluding carboxylic acids is 2. The van der Waals surface area contributed by atoms with Gasteiger partial charge >= 0.3 is 11.9 Å². The first-order valence-electron chi connectivity index (χ1n) is 7.32. The normalized spacial score (nSPS) is 30.0. The van der Waals surface area contributed by atoms with Gasteiger partial charge in [-0.15, -0.1) is 0 Å². The Morgan fingerprint density at radius 1 is 1.19 bits per heavy atom. The summed E-state index contributed by atoms with van der Waals surface area (Å²) in [5.74, 6) is -0.266. The van der Waals surface area contributed by atoms with E-state index in [4.69, 9.17) is 9.47 Å². The molecule has 4 nitrogen and oxygen atoms in total. The second-order valence-corrected chi connectivity index (χ2v) is 5.94. The third-order valence-electron chi connectivity index (χ3n) is 4.98. The van der Waals surface area contributed by atoms with E-state index in [-0.39, 0.29) is 29.7 Å². The molecule has 4 rings (SSSR count). The van der Waals surface area contributed by atoms with Crippen LogP contribution in [0.1, 0.15) is 24.0 Å². The van der Waals surface area contributed by atoms with Gasteiger partial charge in [0, 0.05) is 0 Å². The Hall–Kier alpha value is -2.10. The fraction of sp³-hybridized carbons (Fsp3) is 0.412. The first-order valence-corrected chi connectivity index (χ1v) is 7.32. The van der Waals surface area contributed by atoms with Gasteiger partial charge in [0.05, 0.1) is 18.9 Å². The molecule has 0 amide bonds. The van der Waals surface area contributed by atoms with Crippen LogP contribution in [0.15, 0.2) is 24.3 Å². The molecule has 0 bridgehead atoms. The first kappa shape index (κ1) is 12.6. The summed E-state index contributed by atoms with van der Waals surface area (Å²) in [4.78, 5) is 23.7. The average Bonchev–Trinajstić information content (AvgIpc) is 2.81. The standard InChI is InChI=1S/C17H16O4/c1-20-10-3-5-11-9(8-10)2-4-13-12(11)6-7-14-15(13)17(19)21-16(14)18/h3,5-6,8,13-15H,2,4,7H2,1H3/t13-,14-,15+/m1/s1. The summed E-state index contributed by atoms with van der Waals surface area (Å²) < 4.78 is 10.1. The van der Waals surface area contributed by atoms with E-state index >= 15 is 0 Å². The predicted molar refractivity (Wildman–Crippen MR) is 75.5 cm³/mol. The molecule has 3 atom stereocenters. The number of cyclic esters (lactones) is 2. The highest BCUT2D eigenvalue weighted by atomic mass is 16.6. The monoisotopic (exact) mass is 284 g/mol. The number of rotatable bonds is 1. The van der Waals surface area contributed by atoms with Crippen LogP contribution in [-0.2, 0) is 20.7 Å². The molecule has 0 aromatic heterocycles. The third kappa shape index (κ3) is 1.75. The van der Waals surface area contributed by atoms with Crippen molar-refractivity contribution in [1.82, 2.24) is 0 Å². The van der Waals surface area contributed by atoms with Crippen LogP contribution in [0.25, 0.3) is 5.57 Å². The Kier molecular flexibility index (Phi) is 2.67. The van der Waals surface area contributed by atoms with Crippen LogP contribution in [0.5, 0.6) is 5.75 Å². The van der Waals surface area contributed by atoms with E-state index in [1.165, 1.54) is 16.7 Å². The molecular weight excluding hydrogens is 268 g/mol. The summed E-state index contributed by atoms with van der Waals surface area (Å²) in [6, 6.07) is 6.08. The van der Waals surface area contributed by atoms with Gasteiger partial charge in [0.25, 0.3) is 0 Å². The first-order chi connectivity index (χ1) is 10.2. The Morgan fingerprint density at radius 2 is 2.05 bits per heavy atom. The lowest BCUT2D eigenvalue weighted by Crippen LogP contribution is -2.32. The maximum absolute atomic E-state index is 12.0. The molecule has 1 aliphatic heterocycles. The topological polar surface area (TPSA) is 52.6 Å². The molecule has 1 saturated heterocycles. The highest BCUT2D eigenvalue weighted by Crippen LogP contribution is 2.49. The lowest BCUT2D eigenvalue weighted by atomic mass is 9.66. The van der Waals surface area contributed by atoms with E-state index < -0.39 is 0 Å². The van der Waals surface area contributed by atoms with E-state index in [2.05, 4.69) is 18.2 Å². The van der Waals surface area contributed by atoms with Crippen molar-refractivity contribution in [2.45, 2.75) is 19.3 Å². The molecule has 1 heterocycles. The Balaban J connectivity index is 1.77. The van der Waals surface area contributed by atoms with Crippen molar-refractivity contribution >= 4 is 17.5 Å². The molecule has 0 saturated carbocycles. The summed E-state index contributed by atoms with van der Waals surface area (Å²) in [6.45, 7) is 0. The van der Waals surface area contributed by atoms with Crippen molar-refractivity contribution in [2.24, 2.45) is 17.8 Å². The van der Waals surface area contributed by atoms with Crippen LogP contribution in [0.4, 0.5) is 0 Å². The zero-order valence-corrected chi connectivity index (χ0v) is 11.8. The minimum atomic E-state index is -0.346. The van der Waals surface area contributed by atoms with Gasteiger partial charge in [-0.05, 0) is 54.0 Å². The smallest absolute Gasteiger partial charge is 0.318 e. The lowest BCUT2D eigenvalue weighted by molar-refractivity contribution is -0.154. The fourth-order valence-electron chi connectivity index (χ4n) is 3.98. The Morgan fingerprint density at radius 3 is 2.86 bits per heavy atom. The second-order valence-electron chi connectivity index (χ2n) is 5.94. The quantitative estimate of drug-likeness (QED) is 0.587. The largest absolute Gasteiger partial charge is 0.497 e. The van der Waals surface area contributed by atoms with Gasteiger partial charge in [-0.2, -0.15) is 0 Å². The number of esters is 2. The van der Waals surface area contributed by atoms with Crippen molar-refractivity contribution in [1.29, 1.82) is 0 Å². The molecule has 21 heavy (non-hydrogen) atoms. The summed E-state index contributed by atoms with van der Waals surface area (Å²) in [5, 5.41) is 0. The van der Waals surface area contributed by atoms with Crippen LogP contribution < -0.4 is 4.74 Å². The van der Waals surface area contributed by atoms with Gasteiger partial charge in [-0.1, -0.05) is 12.1 Å². The van der Waals surface area contributed by atoms with E-state index in [0.717, 1.165) is 18.6 Å². The van der Waals surface area contributed by atoms with Crippen molar-refractivity contribution in [3.63, 3.8) is 0 Å². The minimum Gasteiger partial charge on any atom is -0.497 e. The summed E-state index contributed by atoms with van der Waals surface area (Å²) in [6.07, 6.45) is 4.51. The zero-order chi connectivity index (χ0) is 14.6. The molecule has 4 heteroatoms. The van der Waals surface area contributed by atoms with Crippen LogP contribution in [0.3, 0.4) is 0 Å². The number of aryl methyl sites for hydroxylation is 1. The zero-order valence-electron chi connectivity index (χ0n) is 11.8. The Labute approximate surface area is 122 Å². The van der Waals surface area contributed by atoms with Gasteiger partial charge in [0.15, 0.2) is 0 Å². The van der Waals surface area contributed by atoms with Crippen molar-refractivity contribution in [3.05, 3.63) is 35.4 Å². The summed E-state index contributed by atoms with van der Waals surface area (Å²) in [7, 11) is 1.66. The van der Waals surface area contributed by atoms with Gasteiger partial charge in [0.2, 0.25) is 0 Å². The SMILES string of the molecule is COc1ccc2c(c1)CC[C@@H]1C2=CC[C@H]2C(=O)OC(=O)[C@@H]12. The number of benzene rings is 1. The third-order valence-corrected chi connectivity index (χ3v) is 4.98. The molecule has 1 aromatic carbocycles. The van der Waals surface area contributed by atoms with E-state index in [9.17, 15) is 9.59 Å². The molecule has 0 spiro atoms. The molecule has 0 radical (unpaired) electrons. The van der Waals surface area contributed by atoms with Crippen LogP contribution >= 0.6 is 0 Å². The van der Waals surface area contributed by atoms with Gasteiger partial charge < -0.3 is 9.47 Å². The molecule has 1 fully saturated rings. The van der Waals surface area contributed by atoms with Gasteiger partial charge in [0.1, 0.15) is 5.75 Å². The van der Waals surface area contributed by atoms with Gasteiger partial charge in [-0.25, -0.2) is 0 Å². The fourth-order valence-corrected chi connectivity index (χ4v) is 3.98. The molecule has 3 aliphatic rings. The number of carbonyl (C=O) groups is 2. The lowest BCUT2D eigenvalue weighted by Gasteiger charge is -2.35. The van der Waals surface area contributed by atoms with E-state index in [1.54, 1.807) is 7.11 Å². The Bertz CT molecular complexity index is 673. The van der Waals surface area contributed by atoms with Gasteiger partial charge in [-0.3, -0.25) is 9.59 Å². The number of hydrogen-bond acceptors (Lipinski definition) is 4. The summed E-state index contributed by atoms with van der Waals surface area (Å²) in [5.41, 5.74) is 3.65. The predicted octanol–water partition coefficient (Wildman–Crippen LogP) is 2.36. The molecule has 1 aromatic rings. The number of methoxy groups -OCH3 is 1. The van der Waals surface area contributed by atoms with E-state index in [1.807, 2.05) is 6.07 Å². The van der Waals surface area contributed by atoms with Crippen LogP contribution in [-0.4, -0.2) is 19.0 Å². The molecule has 2 aliphatic carbocycles. The van der Waals surface area contributed by atoms with Crippen LogP contribution in [0.2, 0.25) is 0 Å². The average molecular weight is 284 g/mol. The number of hydrogen-bond donors (Lipinski definition) is 0. The maximum Gasteiger partial charge on any atom is 0.318 e. The molecule has 0 unspecified atom stereocenters. The molecule has 108 valence electrons. The molecular formula is C17H16O4. The van der Waals surface area contributed by atoms with Crippen molar-refractivity contribution < 1.29 is 19.1 Å². The van der Waals surface area contributed by atoms with Crippen molar-refractivity contribution in [3.8, 4) is 5.75 Å². The molecule has 0 N–H and O–H groups in total. The van der Waals surface area contributed by atoms with E-state index in [0.29, 0.717) is 6.42 Å².